The van der Waals surface area contributed by atoms with E-state index in [1.54, 1.807) is 17.0 Å². The van der Waals surface area contributed by atoms with Crippen LogP contribution in [-0.4, -0.2) is 57.1 Å². The zero-order valence-corrected chi connectivity index (χ0v) is 17.9. The lowest BCUT2D eigenvalue weighted by atomic mass is 9.95. The standard InChI is InChI=1S/C21H24N2O6S/c1-27-16-11-14(21(26)29-3)15(12-17(16)28-2)22-19(24)13-6-8-23(9-7-13)20(25)18-5-4-10-30-18/h4-5,10-13H,6-9H2,1-3H3,(H,22,24). The first-order valence-corrected chi connectivity index (χ1v) is 10.3. The fourth-order valence-corrected chi connectivity index (χ4v) is 4.09. The summed E-state index contributed by atoms with van der Waals surface area (Å²) in [4.78, 5) is 40.0. The maximum atomic E-state index is 12.9. The van der Waals surface area contributed by atoms with Crippen molar-refractivity contribution in [2.75, 3.05) is 39.7 Å². The van der Waals surface area contributed by atoms with Crippen molar-refractivity contribution in [1.82, 2.24) is 4.90 Å². The molecule has 1 fully saturated rings. The third kappa shape index (κ3) is 4.56. The third-order valence-electron chi connectivity index (χ3n) is 5.07. The highest BCUT2D eigenvalue weighted by atomic mass is 32.1. The molecular formula is C21H24N2O6S. The SMILES string of the molecule is COC(=O)c1cc(OC)c(OC)cc1NC(=O)C1CCN(C(=O)c2cccs2)CC1. The second kappa shape index (κ2) is 9.62. The Morgan fingerprint density at radius 2 is 1.73 bits per heavy atom. The summed E-state index contributed by atoms with van der Waals surface area (Å²) >= 11 is 1.41. The molecule has 1 aliphatic heterocycles. The fraction of sp³-hybridized carbons (Fsp3) is 0.381. The second-order valence-corrected chi connectivity index (χ2v) is 7.73. The van der Waals surface area contributed by atoms with Crippen LogP contribution in [0.5, 0.6) is 11.5 Å². The Balaban J connectivity index is 1.70. The van der Waals surface area contributed by atoms with Crippen LogP contribution in [0.4, 0.5) is 5.69 Å². The summed E-state index contributed by atoms with van der Waals surface area (Å²) in [5.74, 6) is -0.334. The predicted molar refractivity (Wildman–Crippen MR) is 112 cm³/mol. The average Bonchev–Trinajstić information content (AvgIpc) is 3.32. The molecule has 0 saturated carbocycles. The van der Waals surface area contributed by atoms with Crippen LogP contribution < -0.4 is 14.8 Å². The van der Waals surface area contributed by atoms with Crippen molar-refractivity contribution in [2.24, 2.45) is 5.92 Å². The topological polar surface area (TPSA) is 94.2 Å². The number of piperidine rings is 1. The Bertz CT molecular complexity index is 920. The molecule has 1 aromatic carbocycles. The van der Waals surface area contributed by atoms with Crippen LogP contribution in [0.2, 0.25) is 0 Å². The van der Waals surface area contributed by atoms with Gasteiger partial charge in [-0.15, -0.1) is 11.3 Å². The van der Waals surface area contributed by atoms with E-state index in [2.05, 4.69) is 5.32 Å². The smallest absolute Gasteiger partial charge is 0.340 e. The van der Waals surface area contributed by atoms with Crippen molar-refractivity contribution in [3.63, 3.8) is 0 Å². The van der Waals surface area contributed by atoms with E-state index in [1.165, 1.54) is 38.7 Å². The summed E-state index contributed by atoms with van der Waals surface area (Å²) in [6.07, 6.45) is 1.09. The molecular weight excluding hydrogens is 408 g/mol. The van der Waals surface area contributed by atoms with Crippen molar-refractivity contribution in [2.45, 2.75) is 12.8 Å². The number of thiophene rings is 1. The van der Waals surface area contributed by atoms with Crippen LogP contribution in [0.15, 0.2) is 29.6 Å². The van der Waals surface area contributed by atoms with Gasteiger partial charge in [-0.1, -0.05) is 6.07 Å². The number of rotatable bonds is 6. The highest BCUT2D eigenvalue weighted by Gasteiger charge is 2.29. The maximum absolute atomic E-state index is 12.9. The van der Waals surface area contributed by atoms with Gasteiger partial charge in [-0.05, 0) is 24.3 Å². The number of esters is 1. The van der Waals surface area contributed by atoms with Gasteiger partial charge in [0.15, 0.2) is 11.5 Å². The Morgan fingerprint density at radius 3 is 2.30 bits per heavy atom. The van der Waals surface area contributed by atoms with E-state index in [9.17, 15) is 14.4 Å². The summed E-state index contributed by atoms with van der Waals surface area (Å²) in [6.45, 7) is 1.01. The van der Waals surface area contributed by atoms with Crippen LogP contribution in [0.1, 0.15) is 32.9 Å². The van der Waals surface area contributed by atoms with Gasteiger partial charge in [0.05, 0.1) is 37.5 Å². The second-order valence-electron chi connectivity index (χ2n) is 6.78. The number of ether oxygens (including phenoxy) is 3. The Kier molecular flexibility index (Phi) is 6.94. The van der Waals surface area contributed by atoms with Crippen molar-refractivity contribution in [1.29, 1.82) is 0 Å². The quantitative estimate of drug-likeness (QED) is 0.705. The molecule has 0 unspecified atom stereocenters. The first kappa shape index (κ1) is 21.6. The van der Waals surface area contributed by atoms with Crippen molar-refractivity contribution in [3.05, 3.63) is 40.1 Å². The van der Waals surface area contributed by atoms with Gasteiger partial charge < -0.3 is 24.4 Å². The number of nitrogens with zero attached hydrogens (tertiary/aromatic N) is 1. The molecule has 2 aromatic rings. The van der Waals surface area contributed by atoms with Crippen LogP contribution in [0.3, 0.4) is 0 Å². The van der Waals surface area contributed by atoms with Gasteiger partial charge in [0.2, 0.25) is 5.91 Å². The van der Waals surface area contributed by atoms with Gasteiger partial charge in [0, 0.05) is 31.1 Å². The first-order valence-electron chi connectivity index (χ1n) is 9.46. The number of benzene rings is 1. The number of methoxy groups -OCH3 is 3. The van der Waals surface area contributed by atoms with Crippen LogP contribution in [0, 0.1) is 5.92 Å². The summed E-state index contributed by atoms with van der Waals surface area (Å²) in [5.41, 5.74) is 0.468. The van der Waals surface area contributed by atoms with E-state index in [0.717, 1.165) is 0 Å². The van der Waals surface area contributed by atoms with Crippen LogP contribution in [-0.2, 0) is 9.53 Å². The zero-order chi connectivity index (χ0) is 21.7. The maximum Gasteiger partial charge on any atom is 0.340 e. The Morgan fingerprint density at radius 1 is 1.07 bits per heavy atom. The number of likely N-dealkylation sites (tertiary alicyclic amines) is 1. The van der Waals surface area contributed by atoms with E-state index >= 15 is 0 Å². The van der Waals surface area contributed by atoms with Crippen molar-refractivity contribution < 1.29 is 28.6 Å². The fourth-order valence-electron chi connectivity index (χ4n) is 3.40. The number of hydrogen-bond acceptors (Lipinski definition) is 7. The normalized spacial score (nSPS) is 14.2. The van der Waals surface area contributed by atoms with Gasteiger partial charge in [-0.3, -0.25) is 9.59 Å². The molecule has 1 saturated heterocycles. The van der Waals surface area contributed by atoms with E-state index in [0.29, 0.717) is 48.0 Å². The number of anilines is 1. The van der Waals surface area contributed by atoms with Gasteiger partial charge >= 0.3 is 5.97 Å². The molecule has 0 spiro atoms. The summed E-state index contributed by atoms with van der Waals surface area (Å²) in [7, 11) is 4.20. The number of carbonyl (C=O) groups excluding carboxylic acids is 3. The highest BCUT2D eigenvalue weighted by molar-refractivity contribution is 7.12. The number of amides is 2. The van der Waals surface area contributed by atoms with Gasteiger partial charge in [-0.2, -0.15) is 0 Å². The minimum absolute atomic E-state index is 0.00303. The largest absolute Gasteiger partial charge is 0.493 e. The van der Waals surface area contributed by atoms with E-state index < -0.39 is 5.97 Å². The van der Waals surface area contributed by atoms with E-state index in [-0.39, 0.29) is 23.3 Å². The lowest BCUT2D eigenvalue weighted by molar-refractivity contribution is -0.121. The van der Waals surface area contributed by atoms with E-state index in [1.807, 2.05) is 11.4 Å². The average molecular weight is 432 g/mol. The molecule has 1 aliphatic rings. The Hall–Kier alpha value is -3.07. The molecule has 2 amide bonds. The minimum Gasteiger partial charge on any atom is -0.493 e. The first-order chi connectivity index (χ1) is 14.5. The minimum atomic E-state index is -0.595. The molecule has 2 heterocycles. The molecule has 30 heavy (non-hydrogen) atoms. The lowest BCUT2D eigenvalue weighted by Crippen LogP contribution is -2.41. The molecule has 0 radical (unpaired) electrons. The van der Waals surface area contributed by atoms with Crippen molar-refractivity contribution >= 4 is 34.8 Å². The van der Waals surface area contributed by atoms with E-state index in [4.69, 9.17) is 14.2 Å². The number of hydrogen-bond donors (Lipinski definition) is 1. The van der Waals surface area contributed by atoms with Crippen molar-refractivity contribution in [3.8, 4) is 11.5 Å². The molecule has 1 N–H and O–H groups in total. The predicted octanol–water partition coefficient (Wildman–Crippen LogP) is 3.04. The summed E-state index contributed by atoms with van der Waals surface area (Å²) in [6, 6.07) is 6.67. The lowest BCUT2D eigenvalue weighted by Gasteiger charge is -2.31. The number of nitrogens with one attached hydrogen (secondary N) is 1. The molecule has 3 rings (SSSR count). The molecule has 0 atom stereocenters. The molecule has 9 heteroatoms. The molecule has 1 aromatic heterocycles. The number of carbonyl (C=O) groups is 3. The highest BCUT2D eigenvalue weighted by Crippen LogP contribution is 2.34. The van der Waals surface area contributed by atoms with Crippen LogP contribution >= 0.6 is 11.3 Å². The molecule has 0 aliphatic carbocycles. The Labute approximate surface area is 178 Å². The van der Waals surface area contributed by atoms with Gasteiger partial charge in [-0.25, -0.2) is 4.79 Å². The summed E-state index contributed by atoms with van der Waals surface area (Å²) < 4.78 is 15.3. The summed E-state index contributed by atoms with van der Waals surface area (Å²) in [5, 5.41) is 4.69. The monoisotopic (exact) mass is 432 g/mol. The van der Waals surface area contributed by atoms with Gasteiger partial charge in [0.1, 0.15) is 0 Å². The molecule has 0 bridgehead atoms. The van der Waals surface area contributed by atoms with Gasteiger partial charge in [0.25, 0.3) is 5.91 Å². The molecule has 160 valence electrons. The van der Waals surface area contributed by atoms with Crippen LogP contribution in [0.25, 0.3) is 0 Å². The zero-order valence-electron chi connectivity index (χ0n) is 17.1. The molecule has 8 nitrogen and oxygen atoms in total. The third-order valence-corrected chi connectivity index (χ3v) is 5.93.